The number of hydrogen-bond donors (Lipinski definition) is 4. The fraction of sp³-hybridized carbons (Fsp3) is 0.481. The average Bonchev–Trinajstić information content (AvgIpc) is 3.32. The largest absolute Gasteiger partial charge is 0.383 e. The van der Waals surface area contributed by atoms with Gasteiger partial charge in [0.25, 0.3) is 20.2 Å². The third-order valence-corrected chi connectivity index (χ3v) is 8.25. The lowest BCUT2D eigenvalue weighted by atomic mass is 10.00. The first-order chi connectivity index (χ1) is 19.6. The second kappa shape index (κ2) is 14.8. The minimum atomic E-state index is -3.67. The van der Waals surface area contributed by atoms with Crippen LogP contribution < -0.4 is 5.32 Å². The highest BCUT2D eigenvalue weighted by Crippen LogP contribution is 2.31. The number of nitrogens with one attached hydrogen (secondary N) is 2. The van der Waals surface area contributed by atoms with Gasteiger partial charge in [0.15, 0.2) is 9.84 Å². The van der Waals surface area contributed by atoms with Crippen molar-refractivity contribution in [2.75, 3.05) is 62.2 Å². The van der Waals surface area contributed by atoms with E-state index in [1.54, 1.807) is 0 Å². The van der Waals surface area contributed by atoms with E-state index in [-0.39, 0.29) is 11.5 Å². The molecule has 0 saturated carbocycles. The van der Waals surface area contributed by atoms with Crippen LogP contribution in [0.1, 0.15) is 18.4 Å². The van der Waals surface area contributed by atoms with Crippen molar-refractivity contribution in [1.29, 1.82) is 0 Å². The molecule has 12 nitrogen and oxygen atoms in total. The van der Waals surface area contributed by atoms with E-state index in [0.717, 1.165) is 56.0 Å². The van der Waals surface area contributed by atoms with Crippen LogP contribution in [0, 0.1) is 5.92 Å². The van der Waals surface area contributed by atoms with Gasteiger partial charge in [-0.05, 0) is 48.1 Å². The summed E-state index contributed by atoms with van der Waals surface area (Å²) in [5.74, 6) is 1.14. The Hall–Kier alpha value is -2.53. The second-order valence-electron chi connectivity index (χ2n) is 10.5. The maximum atomic E-state index is 11.8. The van der Waals surface area contributed by atoms with Gasteiger partial charge in [-0.1, -0.05) is 30.3 Å². The van der Waals surface area contributed by atoms with Crippen molar-refractivity contribution in [3.05, 3.63) is 54.1 Å². The van der Waals surface area contributed by atoms with Gasteiger partial charge in [-0.15, -0.1) is 0 Å². The molecule has 3 heterocycles. The molecule has 0 bridgehead atoms. The van der Waals surface area contributed by atoms with Crippen LogP contribution in [0.15, 0.2) is 48.5 Å². The number of anilines is 1. The standard InChI is InChI=1S/C25H31N3O3S.2CH4O3S/c29-32(30)12-8-28(9-13-32)18-20-14-22-16-23(21-4-2-1-3-5-21)27-25(22)24(15-20)26-17-19-6-10-31-11-7-19;2*1-5(2,3)4/h1-5,14-16,19,26-27H,6-13,17-18H2;2*1H3,(H,2,3,4). The molecule has 2 aromatic carbocycles. The predicted octanol–water partition coefficient (Wildman–Crippen LogP) is 2.91. The number of nitrogens with zero attached hydrogens (tertiary/aromatic N) is 1. The van der Waals surface area contributed by atoms with Gasteiger partial charge in [0.2, 0.25) is 0 Å². The van der Waals surface area contributed by atoms with E-state index in [0.29, 0.717) is 31.5 Å². The van der Waals surface area contributed by atoms with Gasteiger partial charge in [0, 0.05) is 50.5 Å². The Kier molecular flexibility index (Phi) is 11.9. The number of H-pyrrole nitrogens is 1. The van der Waals surface area contributed by atoms with Gasteiger partial charge in [-0.3, -0.25) is 14.0 Å². The van der Waals surface area contributed by atoms with Crippen molar-refractivity contribution >= 4 is 46.7 Å². The molecular formula is C27H39N3O9S3. The van der Waals surface area contributed by atoms with E-state index in [1.165, 1.54) is 16.5 Å². The molecule has 2 aliphatic heterocycles. The quantitative estimate of drug-likeness (QED) is 0.289. The Morgan fingerprint density at radius 2 is 1.52 bits per heavy atom. The topological polar surface area (TPSA) is 183 Å². The molecule has 3 aromatic rings. The Bertz CT molecular complexity index is 1570. The van der Waals surface area contributed by atoms with E-state index in [9.17, 15) is 25.3 Å². The number of hydrogen-bond acceptors (Lipinski definition) is 9. The molecule has 2 saturated heterocycles. The predicted molar refractivity (Wildman–Crippen MR) is 165 cm³/mol. The lowest BCUT2D eigenvalue weighted by Gasteiger charge is -2.27. The van der Waals surface area contributed by atoms with Gasteiger partial charge in [0.1, 0.15) is 0 Å². The molecule has 0 spiro atoms. The van der Waals surface area contributed by atoms with Gasteiger partial charge < -0.3 is 15.0 Å². The van der Waals surface area contributed by atoms with Gasteiger partial charge in [-0.2, -0.15) is 16.8 Å². The minimum Gasteiger partial charge on any atom is -0.383 e. The Labute approximate surface area is 247 Å². The van der Waals surface area contributed by atoms with Crippen LogP contribution in [0.2, 0.25) is 0 Å². The molecule has 0 unspecified atom stereocenters. The monoisotopic (exact) mass is 645 g/mol. The Morgan fingerprint density at radius 1 is 0.952 bits per heavy atom. The SMILES string of the molecule is CS(=O)(=O)O.CS(=O)(=O)O.O=S1(=O)CCN(Cc2cc(NCC3CCOCC3)c3[nH]c(-c4ccccc4)cc3c2)CC1. The Balaban J connectivity index is 0.000000420. The molecule has 1 aromatic heterocycles. The van der Waals surface area contributed by atoms with E-state index in [1.807, 2.05) is 6.07 Å². The van der Waals surface area contributed by atoms with Crippen LogP contribution in [0.3, 0.4) is 0 Å². The zero-order valence-corrected chi connectivity index (χ0v) is 26.1. The zero-order valence-electron chi connectivity index (χ0n) is 23.7. The van der Waals surface area contributed by atoms with Gasteiger partial charge in [-0.25, -0.2) is 8.42 Å². The van der Waals surface area contributed by atoms with Crippen molar-refractivity contribution in [2.24, 2.45) is 5.92 Å². The van der Waals surface area contributed by atoms with Crippen molar-refractivity contribution in [3.8, 4) is 11.3 Å². The van der Waals surface area contributed by atoms with E-state index < -0.39 is 30.1 Å². The third-order valence-electron chi connectivity index (χ3n) is 6.64. The highest BCUT2D eigenvalue weighted by molar-refractivity contribution is 7.91. The number of benzene rings is 2. The molecular weight excluding hydrogens is 607 g/mol. The first-order valence-corrected chi connectivity index (χ1v) is 18.9. The Morgan fingerprint density at radius 3 is 2.10 bits per heavy atom. The molecule has 15 heteroatoms. The summed E-state index contributed by atoms with van der Waals surface area (Å²) in [6.07, 6.45) is 3.62. The molecule has 0 amide bonds. The molecule has 4 N–H and O–H groups in total. The first kappa shape index (κ1) is 34.0. The van der Waals surface area contributed by atoms with Crippen LogP contribution in [-0.4, -0.2) is 101 Å². The minimum absolute atomic E-state index is 0.256. The van der Waals surface area contributed by atoms with Crippen LogP contribution in [0.4, 0.5) is 5.69 Å². The lowest BCUT2D eigenvalue weighted by Crippen LogP contribution is -2.39. The number of fused-ring (bicyclic) bond motifs is 1. The van der Waals surface area contributed by atoms with Gasteiger partial charge in [0.05, 0.1) is 35.2 Å². The first-order valence-electron chi connectivity index (χ1n) is 13.4. The van der Waals surface area contributed by atoms with Crippen LogP contribution in [-0.2, 0) is 41.4 Å². The van der Waals surface area contributed by atoms with Crippen LogP contribution >= 0.6 is 0 Å². The van der Waals surface area contributed by atoms with Crippen molar-refractivity contribution in [1.82, 2.24) is 9.88 Å². The smallest absolute Gasteiger partial charge is 0.261 e. The summed E-state index contributed by atoms with van der Waals surface area (Å²) in [6, 6.07) is 17.1. The summed E-state index contributed by atoms with van der Waals surface area (Å²) in [6.45, 7) is 4.61. The van der Waals surface area contributed by atoms with E-state index >= 15 is 0 Å². The maximum absolute atomic E-state index is 11.8. The molecule has 2 fully saturated rings. The van der Waals surface area contributed by atoms with Crippen LogP contribution in [0.25, 0.3) is 22.2 Å². The zero-order chi connectivity index (χ0) is 31.0. The van der Waals surface area contributed by atoms with Crippen molar-refractivity contribution < 1.29 is 39.1 Å². The molecule has 0 radical (unpaired) electrons. The molecule has 0 aliphatic carbocycles. The number of aromatic amines is 1. The number of sulfone groups is 1. The third kappa shape index (κ3) is 12.8. The van der Waals surface area contributed by atoms with Crippen molar-refractivity contribution in [3.63, 3.8) is 0 Å². The van der Waals surface area contributed by atoms with E-state index in [4.69, 9.17) is 13.8 Å². The fourth-order valence-corrected chi connectivity index (χ4v) is 5.96. The summed E-state index contributed by atoms with van der Waals surface area (Å²) in [5, 5.41) is 4.89. The summed E-state index contributed by atoms with van der Waals surface area (Å²) in [5.41, 5.74) is 5.74. The number of ether oxygens (including phenoxy) is 1. The molecule has 0 atom stereocenters. The molecule has 234 valence electrons. The second-order valence-corrected chi connectivity index (χ2v) is 15.7. The molecule has 42 heavy (non-hydrogen) atoms. The average molecular weight is 646 g/mol. The fourth-order valence-electron chi connectivity index (χ4n) is 4.68. The summed E-state index contributed by atoms with van der Waals surface area (Å²) < 4.78 is 80.8. The highest BCUT2D eigenvalue weighted by Gasteiger charge is 2.22. The summed E-state index contributed by atoms with van der Waals surface area (Å²) >= 11 is 0. The number of aromatic nitrogens is 1. The summed E-state index contributed by atoms with van der Waals surface area (Å²) in [4.78, 5) is 5.87. The van der Waals surface area contributed by atoms with Crippen molar-refractivity contribution in [2.45, 2.75) is 19.4 Å². The molecule has 5 rings (SSSR count). The molecule has 2 aliphatic rings. The number of rotatable bonds is 6. The van der Waals surface area contributed by atoms with Crippen LogP contribution in [0.5, 0.6) is 0 Å². The van der Waals surface area contributed by atoms with Gasteiger partial charge >= 0.3 is 0 Å². The summed E-state index contributed by atoms with van der Waals surface area (Å²) in [7, 11) is -10.2. The lowest BCUT2D eigenvalue weighted by molar-refractivity contribution is 0.0699. The van der Waals surface area contributed by atoms with E-state index in [2.05, 4.69) is 57.7 Å². The normalized spacial score (nSPS) is 17.9. The highest BCUT2D eigenvalue weighted by atomic mass is 32.2. The maximum Gasteiger partial charge on any atom is 0.261 e.